The van der Waals surface area contributed by atoms with E-state index in [-0.39, 0.29) is 11.5 Å². The maximum absolute atomic E-state index is 14.0. The summed E-state index contributed by atoms with van der Waals surface area (Å²) in [6.45, 7) is 3.45. The van der Waals surface area contributed by atoms with Gasteiger partial charge in [0.2, 0.25) is 0 Å². The molecule has 0 saturated carbocycles. The molecule has 2 heterocycles. The molecule has 0 unspecified atom stereocenters. The topological polar surface area (TPSA) is 73.7 Å². The van der Waals surface area contributed by atoms with Crippen molar-refractivity contribution in [1.29, 1.82) is 0 Å². The second-order valence-corrected chi connectivity index (χ2v) is 8.90. The summed E-state index contributed by atoms with van der Waals surface area (Å²) in [5.74, 6) is -3.91. The number of alkyl halides is 7. The third-order valence-corrected chi connectivity index (χ3v) is 6.08. The molecule has 0 bridgehead atoms. The Labute approximate surface area is 216 Å². The number of hydrogen-bond acceptors (Lipinski definition) is 6. The lowest BCUT2D eigenvalue weighted by Crippen LogP contribution is -2.30. The lowest BCUT2D eigenvalue weighted by molar-refractivity contribution is -0.190. The number of halogens is 7. The highest BCUT2D eigenvalue weighted by Crippen LogP contribution is 2.40. The average molecular weight is 561 g/mol. The molecule has 2 aromatic carbocycles. The Hall–Kier alpha value is -3.68. The first-order valence-corrected chi connectivity index (χ1v) is 11.8. The molecular weight excluding hydrogens is 539 g/mol. The van der Waals surface area contributed by atoms with Crippen LogP contribution in [-0.4, -0.2) is 59.0 Å². The van der Waals surface area contributed by atoms with E-state index in [1.807, 2.05) is 4.90 Å². The number of ether oxygens (including phenoxy) is 2. The zero-order valence-electron chi connectivity index (χ0n) is 20.4. The van der Waals surface area contributed by atoms with Gasteiger partial charge in [0.25, 0.3) is 5.56 Å². The number of carbonyl (C=O) groups is 1. The number of aromatic nitrogens is 2. The number of likely N-dealkylation sites (tertiary alicyclic amines) is 1. The average Bonchev–Trinajstić information content (AvgIpc) is 3.26. The van der Waals surface area contributed by atoms with E-state index in [1.54, 1.807) is 0 Å². The molecule has 3 aromatic rings. The minimum absolute atomic E-state index is 0.00566. The van der Waals surface area contributed by atoms with Crippen LogP contribution in [0.25, 0.3) is 16.6 Å². The predicted octanol–water partition coefficient (Wildman–Crippen LogP) is 4.99. The number of hydrogen-bond donors (Lipinski definition) is 0. The molecule has 1 fully saturated rings. The Balaban J connectivity index is 1.63. The van der Waals surface area contributed by atoms with Crippen molar-refractivity contribution >= 4 is 16.9 Å². The summed E-state index contributed by atoms with van der Waals surface area (Å²) in [6.07, 6.45) is -10.6. The van der Waals surface area contributed by atoms with Crippen molar-refractivity contribution in [3.63, 3.8) is 0 Å². The molecule has 0 spiro atoms. The monoisotopic (exact) mass is 561 g/mol. The third-order valence-electron chi connectivity index (χ3n) is 6.08. The van der Waals surface area contributed by atoms with Crippen LogP contribution in [0, 0.1) is 6.92 Å². The number of esters is 1. The molecule has 1 aliphatic heterocycles. The van der Waals surface area contributed by atoms with E-state index in [1.165, 1.54) is 31.2 Å². The van der Waals surface area contributed by atoms with Gasteiger partial charge in [-0.05, 0) is 56.2 Å². The molecule has 0 radical (unpaired) electrons. The van der Waals surface area contributed by atoms with Crippen LogP contribution in [0.15, 0.2) is 41.2 Å². The van der Waals surface area contributed by atoms with Crippen molar-refractivity contribution < 1.29 is 45.0 Å². The van der Waals surface area contributed by atoms with Crippen molar-refractivity contribution in [2.75, 3.05) is 26.2 Å². The van der Waals surface area contributed by atoms with E-state index in [9.17, 15) is 40.3 Å². The molecule has 39 heavy (non-hydrogen) atoms. The number of carbonyl (C=O) groups excluding carboxylic acids is 1. The highest BCUT2D eigenvalue weighted by molar-refractivity contribution is 5.87. The molecule has 1 saturated heterocycles. The number of nitrogens with zero attached hydrogens (tertiary/aromatic N) is 3. The van der Waals surface area contributed by atoms with Gasteiger partial charge >= 0.3 is 18.3 Å². The maximum Gasteiger partial charge on any atom is 0.491 e. The Bertz CT molecular complexity index is 1420. The van der Waals surface area contributed by atoms with E-state index in [0.717, 1.165) is 10.6 Å². The van der Waals surface area contributed by atoms with Crippen LogP contribution >= 0.6 is 0 Å². The first-order chi connectivity index (χ1) is 18.3. The summed E-state index contributed by atoms with van der Waals surface area (Å²) >= 11 is 0. The smallest absolute Gasteiger partial charge is 0.491 e. The Morgan fingerprint density at radius 2 is 1.77 bits per heavy atom. The van der Waals surface area contributed by atoms with E-state index in [2.05, 4.69) is 9.72 Å². The van der Waals surface area contributed by atoms with Crippen LogP contribution in [0.4, 0.5) is 30.7 Å². The fourth-order valence-electron chi connectivity index (χ4n) is 4.35. The summed E-state index contributed by atoms with van der Waals surface area (Å²) in [5, 5.41) is -1.06. The quantitative estimate of drug-likeness (QED) is 0.175. The Morgan fingerprint density at radius 3 is 2.36 bits per heavy atom. The second-order valence-electron chi connectivity index (χ2n) is 8.90. The van der Waals surface area contributed by atoms with Crippen molar-refractivity contribution in [1.82, 2.24) is 14.5 Å². The van der Waals surface area contributed by atoms with E-state index < -0.39 is 52.3 Å². The molecule has 1 aliphatic rings. The van der Waals surface area contributed by atoms with Gasteiger partial charge in [-0.15, -0.1) is 0 Å². The van der Waals surface area contributed by atoms with E-state index >= 15 is 0 Å². The van der Waals surface area contributed by atoms with E-state index in [4.69, 9.17) is 4.74 Å². The van der Waals surface area contributed by atoms with Crippen LogP contribution in [-0.2, 0) is 11.0 Å². The van der Waals surface area contributed by atoms with Crippen LogP contribution in [0.3, 0.4) is 0 Å². The zero-order valence-corrected chi connectivity index (χ0v) is 20.4. The summed E-state index contributed by atoms with van der Waals surface area (Å²) in [7, 11) is 0. The number of fused-ring (bicyclic) bond motifs is 1. The first kappa shape index (κ1) is 28.3. The standard InChI is InChI=1S/C25H22F7N3O4/c1-14-33-18-7-8-19(39-23(37)25(30,31)32)21(24(27,28)29)20(18)22(36)35(14)16-3-5-17(6-4-16)38-12-2-10-34-11-9-15(26)13-34/h3-8,15H,2,9-13H2,1H3/t15-/m1/s1. The van der Waals surface area contributed by atoms with Gasteiger partial charge in [-0.1, -0.05) is 0 Å². The molecule has 1 aromatic heterocycles. The SMILES string of the molecule is Cc1nc2ccc(OC(=O)C(F)(F)F)c(C(F)(F)F)c2c(=O)n1-c1ccc(OCCCN2CC[C@@H](F)C2)cc1. The minimum Gasteiger partial charge on any atom is -0.494 e. The summed E-state index contributed by atoms with van der Waals surface area (Å²) in [4.78, 5) is 30.5. The lowest BCUT2D eigenvalue weighted by Gasteiger charge is -2.18. The van der Waals surface area contributed by atoms with Gasteiger partial charge in [-0.3, -0.25) is 9.36 Å². The van der Waals surface area contributed by atoms with Crippen molar-refractivity contribution in [2.24, 2.45) is 0 Å². The van der Waals surface area contributed by atoms with Crippen LogP contribution < -0.4 is 15.0 Å². The Morgan fingerprint density at radius 1 is 1.08 bits per heavy atom. The number of benzene rings is 2. The van der Waals surface area contributed by atoms with Crippen LogP contribution in [0.5, 0.6) is 11.5 Å². The molecule has 14 heteroatoms. The number of rotatable bonds is 7. The largest absolute Gasteiger partial charge is 0.494 e. The fraction of sp³-hybridized carbons (Fsp3) is 0.400. The summed E-state index contributed by atoms with van der Waals surface area (Å²) in [6, 6.07) is 7.18. The third kappa shape index (κ3) is 6.32. The first-order valence-electron chi connectivity index (χ1n) is 11.8. The molecule has 7 nitrogen and oxygen atoms in total. The molecular formula is C25H22F7N3O4. The van der Waals surface area contributed by atoms with Gasteiger partial charge in [0, 0.05) is 19.6 Å². The minimum atomic E-state index is -5.56. The van der Waals surface area contributed by atoms with Crippen LogP contribution in [0.1, 0.15) is 24.2 Å². The lowest BCUT2D eigenvalue weighted by atomic mass is 10.1. The van der Waals surface area contributed by atoms with Gasteiger partial charge in [0.15, 0.2) is 0 Å². The van der Waals surface area contributed by atoms with Crippen molar-refractivity contribution in [3.8, 4) is 17.2 Å². The van der Waals surface area contributed by atoms with Gasteiger partial charge in [0.05, 0.1) is 23.2 Å². The Kier molecular flexibility index (Phi) is 7.87. The highest BCUT2D eigenvalue weighted by Gasteiger charge is 2.44. The van der Waals surface area contributed by atoms with Crippen LogP contribution in [0.2, 0.25) is 0 Å². The van der Waals surface area contributed by atoms with Crippen molar-refractivity contribution in [2.45, 2.75) is 38.3 Å². The molecule has 1 atom stereocenters. The molecule has 210 valence electrons. The second kappa shape index (κ2) is 10.8. The normalized spacial score (nSPS) is 16.6. The molecule has 0 amide bonds. The number of aryl methyl sites for hydroxylation is 1. The van der Waals surface area contributed by atoms with Gasteiger partial charge in [0.1, 0.15) is 29.1 Å². The molecule has 0 N–H and O–H groups in total. The molecule has 4 rings (SSSR count). The molecule has 0 aliphatic carbocycles. The fourth-order valence-corrected chi connectivity index (χ4v) is 4.35. The van der Waals surface area contributed by atoms with Gasteiger partial charge in [-0.2, -0.15) is 26.3 Å². The van der Waals surface area contributed by atoms with E-state index in [0.29, 0.717) is 50.9 Å². The summed E-state index contributed by atoms with van der Waals surface area (Å²) in [5.41, 5.74) is -3.39. The predicted molar refractivity (Wildman–Crippen MR) is 125 cm³/mol. The van der Waals surface area contributed by atoms with Gasteiger partial charge < -0.3 is 14.4 Å². The zero-order chi connectivity index (χ0) is 28.5. The van der Waals surface area contributed by atoms with Crippen molar-refractivity contribution in [3.05, 3.63) is 58.1 Å². The highest BCUT2D eigenvalue weighted by atomic mass is 19.4. The maximum atomic E-state index is 14.0. The van der Waals surface area contributed by atoms with Gasteiger partial charge in [-0.25, -0.2) is 14.2 Å². The summed E-state index contributed by atoms with van der Waals surface area (Å²) < 4.78 is 104.